The molecule has 1 aromatic carbocycles. The van der Waals surface area contributed by atoms with Gasteiger partial charge in [-0.25, -0.2) is 4.79 Å². The van der Waals surface area contributed by atoms with Gasteiger partial charge in [0.05, 0.1) is 12.2 Å². The van der Waals surface area contributed by atoms with Crippen molar-refractivity contribution in [3.63, 3.8) is 0 Å². The van der Waals surface area contributed by atoms with Crippen molar-refractivity contribution in [2.45, 2.75) is 13.8 Å². The van der Waals surface area contributed by atoms with Crippen LogP contribution in [0.15, 0.2) is 12.1 Å². The van der Waals surface area contributed by atoms with Gasteiger partial charge in [-0.1, -0.05) is 6.07 Å². The Kier molecular flexibility index (Phi) is 2.99. The lowest BCUT2D eigenvalue weighted by Gasteiger charge is -2.07. The van der Waals surface area contributed by atoms with Crippen molar-refractivity contribution in [2.24, 2.45) is 0 Å². The first-order valence-electron chi connectivity index (χ1n) is 5.25. The normalized spacial score (nSPS) is 12.4. The number of carbonyl (C=O) groups is 2. The van der Waals surface area contributed by atoms with Crippen LogP contribution in [0.1, 0.15) is 22.8 Å². The lowest BCUT2D eigenvalue weighted by atomic mass is 10.0. The number of aryl methyl sites for hydroxylation is 1. The molecule has 1 aliphatic heterocycles. The molecular weight excluding hydrogens is 224 g/mol. The molecule has 0 atom stereocenters. The van der Waals surface area contributed by atoms with Gasteiger partial charge < -0.3 is 14.2 Å². The van der Waals surface area contributed by atoms with Crippen molar-refractivity contribution in [3.05, 3.63) is 23.3 Å². The summed E-state index contributed by atoms with van der Waals surface area (Å²) in [6, 6.07) is 3.42. The highest BCUT2D eigenvalue weighted by molar-refractivity contribution is 6.41. The summed E-state index contributed by atoms with van der Waals surface area (Å²) in [5.41, 5.74) is 0.880. The second-order valence-corrected chi connectivity index (χ2v) is 3.54. The minimum absolute atomic E-state index is 0.0574. The van der Waals surface area contributed by atoms with Gasteiger partial charge in [0.15, 0.2) is 11.5 Å². The fourth-order valence-electron chi connectivity index (χ4n) is 1.65. The largest absolute Gasteiger partial charge is 0.460 e. The number of ketones is 1. The van der Waals surface area contributed by atoms with Gasteiger partial charge >= 0.3 is 5.97 Å². The fraction of sp³-hybridized carbons (Fsp3) is 0.333. The molecule has 0 amide bonds. The Labute approximate surface area is 98.3 Å². The molecule has 90 valence electrons. The van der Waals surface area contributed by atoms with Crippen molar-refractivity contribution in [3.8, 4) is 11.5 Å². The summed E-state index contributed by atoms with van der Waals surface area (Å²) in [6.07, 6.45) is 0. The highest BCUT2D eigenvalue weighted by Crippen LogP contribution is 2.37. The quantitative estimate of drug-likeness (QED) is 0.452. The first kappa shape index (κ1) is 11.4. The molecule has 2 rings (SSSR count). The van der Waals surface area contributed by atoms with Crippen LogP contribution in [0.2, 0.25) is 0 Å². The highest BCUT2D eigenvalue weighted by atomic mass is 16.7. The van der Waals surface area contributed by atoms with E-state index in [0.29, 0.717) is 17.1 Å². The Hall–Kier alpha value is -2.04. The van der Waals surface area contributed by atoms with Gasteiger partial charge in [0.25, 0.3) is 5.78 Å². The van der Waals surface area contributed by atoms with Crippen LogP contribution in [0.25, 0.3) is 0 Å². The average Bonchev–Trinajstić information content (AvgIpc) is 2.76. The Morgan fingerprint density at radius 3 is 2.82 bits per heavy atom. The number of ether oxygens (including phenoxy) is 3. The molecule has 0 saturated heterocycles. The smallest absolute Gasteiger partial charge is 0.379 e. The summed E-state index contributed by atoms with van der Waals surface area (Å²) in [4.78, 5) is 23.3. The molecule has 5 heteroatoms. The second-order valence-electron chi connectivity index (χ2n) is 3.54. The first-order valence-corrected chi connectivity index (χ1v) is 5.25. The standard InChI is InChI=1S/C12H12O5/c1-3-15-12(14)10(13)9-7(2)4-5-8-11(9)17-6-16-8/h4-5H,3,6H2,1-2H3. The van der Waals surface area contributed by atoms with E-state index in [9.17, 15) is 9.59 Å². The van der Waals surface area contributed by atoms with Crippen LogP contribution in [0, 0.1) is 6.92 Å². The minimum Gasteiger partial charge on any atom is -0.460 e. The van der Waals surface area contributed by atoms with E-state index in [0.717, 1.165) is 0 Å². The maximum absolute atomic E-state index is 11.9. The van der Waals surface area contributed by atoms with Gasteiger partial charge in [0, 0.05) is 0 Å². The van der Waals surface area contributed by atoms with E-state index in [1.807, 2.05) is 0 Å². The van der Waals surface area contributed by atoms with Gasteiger partial charge in [-0.15, -0.1) is 0 Å². The van der Waals surface area contributed by atoms with E-state index in [1.165, 1.54) is 0 Å². The van der Waals surface area contributed by atoms with Gasteiger partial charge in [0.1, 0.15) is 0 Å². The summed E-state index contributed by atoms with van der Waals surface area (Å²) in [6.45, 7) is 3.60. The third-order valence-electron chi connectivity index (χ3n) is 2.44. The summed E-state index contributed by atoms with van der Waals surface area (Å²) in [5, 5.41) is 0. The molecule has 0 aromatic heterocycles. The van der Waals surface area contributed by atoms with Crippen molar-refractivity contribution in [1.29, 1.82) is 0 Å². The zero-order valence-electron chi connectivity index (χ0n) is 9.61. The van der Waals surface area contributed by atoms with Crippen LogP contribution in [0.4, 0.5) is 0 Å². The molecule has 1 heterocycles. The van der Waals surface area contributed by atoms with Gasteiger partial charge in [0.2, 0.25) is 6.79 Å². The SMILES string of the molecule is CCOC(=O)C(=O)c1c(C)ccc2c1OCO2. The van der Waals surface area contributed by atoms with Crippen molar-refractivity contribution < 1.29 is 23.8 Å². The minimum atomic E-state index is -0.875. The molecule has 0 N–H and O–H groups in total. The lowest BCUT2D eigenvalue weighted by molar-refractivity contribution is -0.137. The van der Waals surface area contributed by atoms with Crippen LogP contribution in [-0.4, -0.2) is 25.2 Å². The van der Waals surface area contributed by atoms with Crippen molar-refractivity contribution >= 4 is 11.8 Å². The number of benzene rings is 1. The van der Waals surface area contributed by atoms with E-state index < -0.39 is 11.8 Å². The van der Waals surface area contributed by atoms with Gasteiger partial charge in [-0.3, -0.25) is 4.79 Å². The van der Waals surface area contributed by atoms with Gasteiger partial charge in [-0.05, 0) is 25.5 Å². The Balaban J connectivity index is 2.41. The summed E-state index contributed by atoms with van der Waals surface area (Å²) >= 11 is 0. The fourth-order valence-corrected chi connectivity index (χ4v) is 1.65. The molecule has 0 saturated carbocycles. The number of hydrogen-bond acceptors (Lipinski definition) is 5. The average molecular weight is 236 g/mol. The molecule has 0 unspecified atom stereocenters. The van der Waals surface area contributed by atoms with E-state index in [2.05, 4.69) is 4.74 Å². The zero-order valence-corrected chi connectivity index (χ0v) is 9.61. The maximum Gasteiger partial charge on any atom is 0.379 e. The van der Waals surface area contributed by atoms with Crippen LogP contribution in [0.5, 0.6) is 11.5 Å². The highest BCUT2D eigenvalue weighted by Gasteiger charge is 2.28. The predicted molar refractivity (Wildman–Crippen MR) is 58.3 cm³/mol. The second kappa shape index (κ2) is 4.45. The summed E-state index contributed by atoms with van der Waals surface area (Å²) in [7, 11) is 0. The zero-order chi connectivity index (χ0) is 12.4. The van der Waals surface area contributed by atoms with Crippen LogP contribution in [-0.2, 0) is 9.53 Å². The maximum atomic E-state index is 11.9. The third kappa shape index (κ3) is 1.95. The molecule has 0 fully saturated rings. The lowest BCUT2D eigenvalue weighted by Crippen LogP contribution is -2.19. The van der Waals surface area contributed by atoms with Crippen molar-refractivity contribution in [2.75, 3.05) is 13.4 Å². The Morgan fingerprint density at radius 1 is 1.35 bits per heavy atom. The van der Waals surface area contributed by atoms with E-state index in [4.69, 9.17) is 9.47 Å². The number of hydrogen-bond donors (Lipinski definition) is 0. The monoisotopic (exact) mass is 236 g/mol. The number of Topliss-reactive ketones (excluding diaryl/α,β-unsaturated/α-hetero) is 1. The summed E-state index contributed by atoms with van der Waals surface area (Å²) < 4.78 is 15.1. The number of esters is 1. The molecule has 0 bridgehead atoms. The predicted octanol–water partition coefficient (Wildman–Crippen LogP) is 1.47. The molecule has 1 aliphatic rings. The van der Waals surface area contributed by atoms with Gasteiger partial charge in [-0.2, -0.15) is 0 Å². The number of rotatable bonds is 3. The molecule has 0 radical (unpaired) electrons. The molecule has 0 spiro atoms. The molecule has 17 heavy (non-hydrogen) atoms. The van der Waals surface area contributed by atoms with E-state index in [1.54, 1.807) is 26.0 Å². The molecule has 1 aromatic rings. The number of carbonyl (C=O) groups excluding carboxylic acids is 2. The molecule has 0 aliphatic carbocycles. The van der Waals surface area contributed by atoms with Crippen LogP contribution in [0.3, 0.4) is 0 Å². The Morgan fingerprint density at radius 2 is 2.12 bits per heavy atom. The number of fused-ring (bicyclic) bond motifs is 1. The third-order valence-corrected chi connectivity index (χ3v) is 2.44. The summed E-state index contributed by atoms with van der Waals surface area (Å²) in [5.74, 6) is -0.780. The Bertz CT molecular complexity index is 478. The van der Waals surface area contributed by atoms with Crippen LogP contribution >= 0.6 is 0 Å². The topological polar surface area (TPSA) is 61.8 Å². The molecule has 5 nitrogen and oxygen atoms in total. The first-order chi connectivity index (χ1) is 8.15. The van der Waals surface area contributed by atoms with Crippen LogP contribution < -0.4 is 9.47 Å². The van der Waals surface area contributed by atoms with Crippen molar-refractivity contribution in [1.82, 2.24) is 0 Å². The van der Waals surface area contributed by atoms with E-state index >= 15 is 0 Å². The molecular formula is C12H12O5. The van der Waals surface area contributed by atoms with E-state index in [-0.39, 0.29) is 19.0 Å².